The van der Waals surface area contributed by atoms with Crippen molar-refractivity contribution in [2.75, 3.05) is 26.7 Å². The predicted molar refractivity (Wildman–Crippen MR) is 189 cm³/mol. The van der Waals surface area contributed by atoms with Crippen molar-refractivity contribution in [3.05, 3.63) is 128 Å². The molecule has 3 fully saturated rings. The molecule has 7 rings (SSSR count). The van der Waals surface area contributed by atoms with Crippen LogP contribution in [0.15, 0.2) is 73.1 Å². The van der Waals surface area contributed by atoms with E-state index in [-0.39, 0.29) is 63.2 Å². The van der Waals surface area contributed by atoms with E-state index in [1.54, 1.807) is 12.1 Å². The number of piperidine rings is 3. The second-order valence-corrected chi connectivity index (χ2v) is 13.8. The number of hydrogen-bond acceptors (Lipinski definition) is 8. The first-order chi connectivity index (χ1) is 25.4. The number of nitrogens with zero attached hydrogens (tertiary/aromatic N) is 2. The van der Waals surface area contributed by atoms with Gasteiger partial charge in [0.1, 0.15) is 28.0 Å². The summed E-state index contributed by atoms with van der Waals surface area (Å²) >= 11 is 13.0. The lowest BCUT2D eigenvalue weighted by Gasteiger charge is -2.44. The van der Waals surface area contributed by atoms with E-state index >= 15 is 4.39 Å². The fourth-order valence-electron chi connectivity index (χ4n) is 7.28. The minimum atomic E-state index is -3.14. The smallest absolute Gasteiger partial charge is 0.387 e. The van der Waals surface area contributed by atoms with Crippen LogP contribution in [0, 0.1) is 16.9 Å². The van der Waals surface area contributed by atoms with Crippen molar-refractivity contribution < 1.29 is 46.8 Å². The SMILES string of the molecule is COc1cc([C@H](Cc2c(Cl)c[n+]([O-])cc2Cl)c2c(CNC(C(=O)O[C@H]3CN4CCC3CC4)c3ccccc3F)cccc2C(=O)O)ccc1OC(F)F. The molecule has 0 amide bonds. The molecule has 1 aromatic heterocycles. The molecular formula is C38H36Cl2F3N3O7. The fraction of sp³-hybridized carbons (Fsp3) is 0.342. The van der Waals surface area contributed by atoms with Crippen molar-refractivity contribution in [3.8, 4) is 11.5 Å². The zero-order valence-corrected chi connectivity index (χ0v) is 30.0. The van der Waals surface area contributed by atoms with Gasteiger partial charge in [0.25, 0.3) is 0 Å². The minimum absolute atomic E-state index is 0.00435. The van der Waals surface area contributed by atoms with Gasteiger partial charge in [0.05, 0.1) is 12.7 Å². The van der Waals surface area contributed by atoms with Crippen LogP contribution in [0.3, 0.4) is 0 Å². The van der Waals surface area contributed by atoms with Crippen molar-refractivity contribution in [2.45, 2.75) is 50.5 Å². The summed E-state index contributed by atoms with van der Waals surface area (Å²) in [7, 11) is 1.27. The number of aromatic carboxylic acids is 1. The topological polar surface area (TPSA) is 124 Å². The molecule has 0 aliphatic carbocycles. The maximum atomic E-state index is 15.3. The van der Waals surface area contributed by atoms with Crippen LogP contribution in [0.5, 0.6) is 11.5 Å². The van der Waals surface area contributed by atoms with Gasteiger partial charge in [-0.3, -0.25) is 10.2 Å². The molecule has 53 heavy (non-hydrogen) atoms. The third-order valence-electron chi connectivity index (χ3n) is 9.86. The molecule has 3 aromatic carbocycles. The summed E-state index contributed by atoms with van der Waals surface area (Å²) in [6.45, 7) is -0.823. The van der Waals surface area contributed by atoms with Gasteiger partial charge in [0, 0.05) is 30.1 Å². The van der Waals surface area contributed by atoms with Gasteiger partial charge in [-0.05, 0) is 79.2 Å². The van der Waals surface area contributed by atoms with Crippen molar-refractivity contribution in [2.24, 2.45) is 5.92 Å². The largest absolute Gasteiger partial charge is 0.619 e. The number of ether oxygens (including phenoxy) is 3. The van der Waals surface area contributed by atoms with Gasteiger partial charge in [0.2, 0.25) is 0 Å². The van der Waals surface area contributed by atoms with Gasteiger partial charge in [-0.2, -0.15) is 13.5 Å². The summed E-state index contributed by atoms with van der Waals surface area (Å²) in [5.74, 6) is -3.60. The highest BCUT2D eigenvalue weighted by Gasteiger charge is 2.38. The zero-order valence-electron chi connectivity index (χ0n) is 28.4. The lowest BCUT2D eigenvalue weighted by atomic mass is 9.80. The lowest BCUT2D eigenvalue weighted by Crippen LogP contribution is -2.52. The summed E-state index contributed by atoms with van der Waals surface area (Å²) in [6.07, 6.45) is 3.58. The highest BCUT2D eigenvalue weighted by Crippen LogP contribution is 2.41. The zero-order chi connectivity index (χ0) is 37.8. The first-order valence-corrected chi connectivity index (χ1v) is 17.6. The molecule has 4 heterocycles. The number of alkyl halides is 2. The van der Waals surface area contributed by atoms with E-state index in [1.165, 1.54) is 55.6 Å². The average molecular weight is 775 g/mol. The van der Waals surface area contributed by atoms with Crippen LogP contribution < -0.4 is 19.5 Å². The van der Waals surface area contributed by atoms with Crippen LogP contribution in [0.4, 0.5) is 13.2 Å². The van der Waals surface area contributed by atoms with Crippen LogP contribution in [0.25, 0.3) is 0 Å². The Morgan fingerprint density at radius 2 is 1.75 bits per heavy atom. The van der Waals surface area contributed by atoms with Gasteiger partial charge in [-0.1, -0.05) is 59.6 Å². The molecule has 0 spiro atoms. The molecule has 1 unspecified atom stereocenters. The van der Waals surface area contributed by atoms with Crippen molar-refractivity contribution in [3.63, 3.8) is 0 Å². The Morgan fingerprint density at radius 3 is 2.38 bits per heavy atom. The molecular weight excluding hydrogens is 738 g/mol. The number of halogens is 5. The number of carbonyl (C=O) groups is 2. The first-order valence-electron chi connectivity index (χ1n) is 16.9. The number of aromatic nitrogens is 1. The molecule has 3 atom stereocenters. The summed E-state index contributed by atoms with van der Waals surface area (Å²) < 4.78 is 58.2. The van der Waals surface area contributed by atoms with Crippen LogP contribution in [0.1, 0.15) is 63.0 Å². The highest BCUT2D eigenvalue weighted by molar-refractivity contribution is 6.35. The van der Waals surface area contributed by atoms with E-state index in [0.29, 0.717) is 28.0 Å². The van der Waals surface area contributed by atoms with Gasteiger partial charge in [0.15, 0.2) is 23.9 Å². The number of carboxylic acid groups (broad SMARTS) is 1. The normalized spacial score (nSPS) is 19.1. The molecule has 2 bridgehead atoms. The number of methoxy groups -OCH3 is 1. The molecule has 4 aromatic rings. The van der Waals surface area contributed by atoms with E-state index in [1.807, 2.05) is 0 Å². The van der Waals surface area contributed by atoms with Gasteiger partial charge in [-0.25, -0.2) is 14.0 Å². The van der Waals surface area contributed by atoms with Gasteiger partial charge >= 0.3 is 18.6 Å². The molecule has 3 aliphatic rings. The molecule has 280 valence electrons. The number of carbonyl (C=O) groups excluding carboxylic acids is 1. The molecule has 2 N–H and O–H groups in total. The number of carboxylic acids is 1. The summed E-state index contributed by atoms with van der Waals surface area (Å²) in [4.78, 5) is 29.0. The van der Waals surface area contributed by atoms with Crippen LogP contribution >= 0.6 is 23.2 Å². The minimum Gasteiger partial charge on any atom is -0.619 e. The number of hydrogen-bond donors (Lipinski definition) is 2. The number of benzene rings is 3. The Kier molecular flexibility index (Phi) is 12.0. The Labute approximate surface area is 313 Å². The van der Waals surface area contributed by atoms with Crippen LogP contribution in [-0.4, -0.2) is 61.4 Å². The predicted octanol–water partition coefficient (Wildman–Crippen LogP) is 6.92. The van der Waals surface area contributed by atoms with E-state index in [0.717, 1.165) is 38.3 Å². The number of rotatable bonds is 14. The van der Waals surface area contributed by atoms with E-state index in [2.05, 4.69) is 15.0 Å². The maximum Gasteiger partial charge on any atom is 0.387 e. The molecule has 0 radical (unpaired) electrons. The third-order valence-corrected chi connectivity index (χ3v) is 10.5. The van der Waals surface area contributed by atoms with E-state index < -0.39 is 36.3 Å². The Morgan fingerprint density at radius 1 is 1.04 bits per heavy atom. The van der Waals surface area contributed by atoms with Crippen molar-refractivity contribution >= 4 is 35.1 Å². The molecule has 10 nitrogen and oxygen atoms in total. The van der Waals surface area contributed by atoms with E-state index in [9.17, 15) is 28.7 Å². The quantitative estimate of drug-likeness (QED) is 0.0799. The Hall–Kier alpha value is -4.56. The Bertz CT molecular complexity index is 1960. The second-order valence-electron chi connectivity index (χ2n) is 13.0. The third kappa shape index (κ3) is 8.65. The van der Waals surface area contributed by atoms with Crippen molar-refractivity contribution in [1.82, 2.24) is 10.2 Å². The molecule has 3 saturated heterocycles. The monoisotopic (exact) mass is 773 g/mol. The van der Waals surface area contributed by atoms with Gasteiger partial charge < -0.3 is 24.5 Å². The highest BCUT2D eigenvalue weighted by atomic mass is 35.5. The van der Waals surface area contributed by atoms with Crippen molar-refractivity contribution in [1.29, 1.82) is 0 Å². The van der Waals surface area contributed by atoms with Gasteiger partial charge in [-0.15, -0.1) is 0 Å². The molecule has 3 aliphatic heterocycles. The standard InChI is InChI=1S/C38H36Cl2F3N3O7/c1-51-32-15-22(9-10-31(32)53-38(42)43)26(16-27-28(39)18-46(50)19-29(27)40)34-23(5-4-7-25(34)36(47)48)17-44-35(24-6-2-3-8-30(24)41)37(49)52-33-20-45-13-11-21(33)12-14-45/h2-10,15,18-19,21,26,33,35,38,44H,11-14,16-17,20H2,1H3,(H,47,48)/t26-,33-,35?/m0/s1. The lowest BCUT2D eigenvalue weighted by molar-refractivity contribution is -0.605. The second kappa shape index (κ2) is 16.6. The first kappa shape index (κ1) is 38.2. The number of fused-ring (bicyclic) bond motifs is 3. The summed E-state index contributed by atoms with van der Waals surface area (Å²) in [5.41, 5.74) is 1.29. The van der Waals surface area contributed by atoms with E-state index in [4.69, 9.17) is 32.7 Å². The number of esters is 1. The number of pyridine rings is 1. The van der Waals surface area contributed by atoms with Crippen LogP contribution in [0.2, 0.25) is 10.0 Å². The molecule has 0 saturated carbocycles. The summed E-state index contributed by atoms with van der Waals surface area (Å²) in [6, 6.07) is 13.4. The summed E-state index contributed by atoms with van der Waals surface area (Å²) in [5, 5.41) is 25.7. The molecule has 15 heteroatoms. The fourth-order valence-corrected chi connectivity index (χ4v) is 7.88. The maximum absolute atomic E-state index is 15.3. The number of nitrogens with one attached hydrogen (secondary N) is 1. The van der Waals surface area contributed by atoms with Crippen LogP contribution in [-0.2, 0) is 22.5 Å². The Balaban J connectivity index is 1.42. The average Bonchev–Trinajstić information content (AvgIpc) is 3.12.